The zero-order valence-electron chi connectivity index (χ0n) is 21.1. The monoisotopic (exact) mass is 790 g/mol. The van der Waals surface area contributed by atoms with E-state index in [0.717, 1.165) is 0 Å². The first-order chi connectivity index (χ1) is 19.8. The van der Waals surface area contributed by atoms with Gasteiger partial charge in [0, 0.05) is 0 Å². The van der Waals surface area contributed by atoms with Gasteiger partial charge in [0.25, 0.3) is 0 Å². The van der Waals surface area contributed by atoms with Gasteiger partial charge >= 0.3 is 79.3 Å². The van der Waals surface area contributed by atoms with Crippen LogP contribution in [0.2, 0.25) is 0 Å². The van der Waals surface area contributed by atoms with Crippen LogP contribution in [-0.2, 0) is 13.6 Å². The van der Waals surface area contributed by atoms with Gasteiger partial charge in [-0.15, -0.1) is 0 Å². The van der Waals surface area contributed by atoms with Gasteiger partial charge in [0.2, 0.25) is 0 Å². The molecule has 47 heavy (non-hydrogen) atoms. The fraction of sp³-hybridized carbons (Fsp3) is 1.00. The Bertz CT molecular complexity index is 1090. The normalized spacial score (nSPS) is 19.0. The Hall–Kier alpha value is -1.71. The van der Waals surface area contributed by atoms with Crippen LogP contribution in [0.4, 0.5) is 114 Å². The van der Waals surface area contributed by atoms with Gasteiger partial charge in [-0.2, -0.15) is 105 Å². The molecule has 284 valence electrons. The molecule has 0 saturated carbocycles. The van der Waals surface area contributed by atoms with Crippen molar-refractivity contribution in [2.24, 2.45) is 0 Å². The van der Waals surface area contributed by atoms with E-state index in [0.29, 0.717) is 0 Å². The Kier molecular flexibility index (Phi) is 11.3. The first-order valence-corrected chi connectivity index (χ1v) is 11.9. The van der Waals surface area contributed by atoms with Crippen LogP contribution in [-0.4, -0.2) is 88.7 Å². The third-order valence-corrected chi connectivity index (χ3v) is 6.31. The van der Waals surface area contributed by atoms with E-state index in [2.05, 4.69) is 0 Å². The SMILES string of the molecule is CC(F)C(F)(F)C(F)(F)C(F)(F)C(F)(F)C(F)(F)C(F)(F)OP(=O)(O)OC(F)(F)C(F)(F)C(F)(F)C(F)(F)C(F)(F)C(F)(F)C(C)F. The summed E-state index contributed by atoms with van der Waals surface area (Å²) < 4.78 is 362. The predicted octanol–water partition coefficient (Wildman–Crippen LogP) is 9.37. The summed E-state index contributed by atoms with van der Waals surface area (Å²) in [6.45, 7) is -1.66. The Balaban J connectivity index is 6.87. The summed E-state index contributed by atoms with van der Waals surface area (Å²) in [4.78, 5) is 8.56. The van der Waals surface area contributed by atoms with Crippen molar-refractivity contribution in [2.75, 3.05) is 0 Å². The lowest BCUT2D eigenvalue weighted by molar-refractivity contribution is -0.457. The third kappa shape index (κ3) is 6.28. The predicted molar refractivity (Wildman–Crippen MR) is 92.5 cm³/mol. The summed E-state index contributed by atoms with van der Waals surface area (Å²) in [5.41, 5.74) is 0. The van der Waals surface area contributed by atoms with E-state index in [1.807, 2.05) is 0 Å². The van der Waals surface area contributed by atoms with Crippen molar-refractivity contribution >= 4 is 7.82 Å². The van der Waals surface area contributed by atoms with Gasteiger partial charge in [-0.05, 0) is 13.8 Å². The maximum absolute atomic E-state index is 13.6. The Morgan fingerprint density at radius 2 is 0.574 bits per heavy atom. The maximum atomic E-state index is 13.6. The lowest BCUT2D eigenvalue weighted by atomic mass is 9.92. The van der Waals surface area contributed by atoms with E-state index in [-0.39, 0.29) is 0 Å². The van der Waals surface area contributed by atoms with E-state index in [9.17, 15) is 119 Å². The molecule has 0 aliphatic heterocycles. The molecule has 0 spiro atoms. The van der Waals surface area contributed by atoms with E-state index >= 15 is 0 Å². The molecule has 4 nitrogen and oxygen atoms in total. The van der Waals surface area contributed by atoms with Gasteiger partial charge < -0.3 is 4.89 Å². The Morgan fingerprint density at radius 1 is 0.404 bits per heavy atom. The molecule has 1 N–H and O–H groups in total. The molecule has 0 aromatic rings. The van der Waals surface area contributed by atoms with Crippen LogP contribution in [0.3, 0.4) is 0 Å². The van der Waals surface area contributed by atoms with Crippen LogP contribution in [0.25, 0.3) is 0 Å². The van der Waals surface area contributed by atoms with Gasteiger partial charge in [0.1, 0.15) is 0 Å². The highest BCUT2D eigenvalue weighted by molar-refractivity contribution is 7.47. The van der Waals surface area contributed by atoms with E-state index < -0.39 is 105 Å². The summed E-state index contributed by atoms with van der Waals surface area (Å²) in [5, 5.41) is 0. The highest BCUT2D eigenvalue weighted by atomic mass is 31.2. The summed E-state index contributed by atoms with van der Waals surface area (Å²) in [6, 6.07) is 0. The van der Waals surface area contributed by atoms with Crippen molar-refractivity contribution in [1.82, 2.24) is 0 Å². The topological polar surface area (TPSA) is 55.8 Å². The summed E-state index contributed by atoms with van der Waals surface area (Å²) >= 11 is 0. The second-order valence-electron chi connectivity index (χ2n) is 8.76. The smallest absolute Gasteiger partial charge is 0.302 e. The lowest BCUT2D eigenvalue weighted by Crippen LogP contribution is -2.72. The van der Waals surface area contributed by atoms with Crippen molar-refractivity contribution < 1.29 is 133 Å². The quantitative estimate of drug-likeness (QED) is 0.125. The molecule has 0 rings (SSSR count). The van der Waals surface area contributed by atoms with Crippen LogP contribution in [0.5, 0.6) is 0 Å². The first kappa shape index (κ1) is 45.3. The molecular formula is C16H9F26O4P. The summed E-state index contributed by atoms with van der Waals surface area (Å²) in [7, 11) is -8.96. The molecule has 0 aromatic heterocycles. The molecule has 0 aromatic carbocycles. The molecule has 2 unspecified atom stereocenters. The van der Waals surface area contributed by atoms with Crippen molar-refractivity contribution in [3.63, 3.8) is 0 Å². The summed E-state index contributed by atoms with van der Waals surface area (Å²) in [6.07, 6.45) is -26.3. The minimum Gasteiger partial charge on any atom is -0.302 e. The van der Waals surface area contributed by atoms with E-state index in [1.54, 1.807) is 0 Å². The van der Waals surface area contributed by atoms with Gasteiger partial charge in [0.05, 0.1) is 0 Å². The molecular weight excluding hydrogens is 781 g/mol. The van der Waals surface area contributed by atoms with Crippen molar-refractivity contribution in [2.45, 2.75) is 97.6 Å². The molecule has 0 aliphatic rings. The molecule has 0 aliphatic carbocycles. The first-order valence-electron chi connectivity index (χ1n) is 10.4. The molecule has 0 amide bonds. The minimum absolute atomic E-state index is 0.832. The van der Waals surface area contributed by atoms with Gasteiger partial charge in [-0.3, -0.25) is 0 Å². The van der Waals surface area contributed by atoms with Gasteiger partial charge in [-0.25, -0.2) is 22.4 Å². The molecule has 0 bridgehead atoms. The molecule has 2 atom stereocenters. The third-order valence-electron chi connectivity index (χ3n) is 5.39. The fourth-order valence-corrected chi connectivity index (χ4v) is 3.34. The van der Waals surface area contributed by atoms with Gasteiger partial charge in [-0.1, -0.05) is 0 Å². The van der Waals surface area contributed by atoms with Crippen LogP contribution < -0.4 is 0 Å². The molecule has 0 fully saturated rings. The minimum atomic E-state index is -8.96. The highest BCUT2D eigenvalue weighted by Gasteiger charge is 2.93. The van der Waals surface area contributed by atoms with Crippen LogP contribution in [0.15, 0.2) is 0 Å². The van der Waals surface area contributed by atoms with Crippen molar-refractivity contribution in [3.8, 4) is 0 Å². The number of halogens is 26. The molecule has 0 heterocycles. The van der Waals surface area contributed by atoms with E-state index in [4.69, 9.17) is 4.89 Å². The van der Waals surface area contributed by atoms with Crippen LogP contribution in [0.1, 0.15) is 13.8 Å². The number of phosphoric ester groups is 1. The van der Waals surface area contributed by atoms with Gasteiger partial charge in [0.15, 0.2) is 12.3 Å². The second kappa shape index (κ2) is 11.7. The van der Waals surface area contributed by atoms with Crippen molar-refractivity contribution in [1.29, 1.82) is 0 Å². The number of phosphoric acid groups is 1. The fourth-order valence-electron chi connectivity index (χ4n) is 2.50. The Labute approximate surface area is 239 Å². The molecule has 0 saturated heterocycles. The standard InChI is InChI=1S/C16H9F26O4P/c1-3(17)5(19,20)7(23,24)9(27,28)11(31,32)13(35,36)15(39,40)45-47(43,44)46-16(41,42)14(37,38)12(33,34)10(29,30)8(25,26)6(21,22)4(2)18/h3-4H,1-2H3,(H,43,44). The average molecular weight is 790 g/mol. The summed E-state index contributed by atoms with van der Waals surface area (Å²) in [5.74, 6) is -83.5. The zero-order chi connectivity index (χ0) is 39.1. The number of alkyl halides is 26. The second-order valence-corrected chi connectivity index (χ2v) is 10.1. The maximum Gasteiger partial charge on any atom is 0.482 e. The van der Waals surface area contributed by atoms with Crippen LogP contribution >= 0.6 is 7.82 Å². The largest absolute Gasteiger partial charge is 0.482 e. The average Bonchev–Trinajstić information content (AvgIpc) is 2.80. The van der Waals surface area contributed by atoms with Crippen molar-refractivity contribution in [3.05, 3.63) is 0 Å². The lowest BCUT2D eigenvalue weighted by Gasteiger charge is -2.42. The van der Waals surface area contributed by atoms with E-state index in [1.165, 1.54) is 9.05 Å². The highest BCUT2D eigenvalue weighted by Crippen LogP contribution is 2.66. The molecule has 0 radical (unpaired) electrons. The Morgan fingerprint density at radius 3 is 0.745 bits per heavy atom. The van der Waals surface area contributed by atoms with Crippen LogP contribution in [0, 0.1) is 0 Å². The zero-order valence-corrected chi connectivity index (χ0v) is 22.0. The number of rotatable bonds is 16. The number of hydrogen-bond donors (Lipinski definition) is 1. The number of hydrogen-bond acceptors (Lipinski definition) is 3. The molecule has 31 heteroatoms.